The van der Waals surface area contributed by atoms with Gasteiger partial charge in [-0.05, 0) is 84.7 Å². The Bertz CT molecular complexity index is 2130. The summed E-state index contributed by atoms with van der Waals surface area (Å²) in [6.45, 7) is 7.52. The molecule has 0 amide bonds. The average Bonchev–Trinajstić information content (AvgIpc) is 2.96. The van der Waals surface area contributed by atoms with Gasteiger partial charge in [-0.2, -0.15) is 0 Å². The van der Waals surface area contributed by atoms with E-state index in [0.717, 1.165) is 39.0 Å². The summed E-state index contributed by atoms with van der Waals surface area (Å²) < 4.78 is 6.48. The number of benzene rings is 7. The van der Waals surface area contributed by atoms with E-state index in [1.807, 2.05) is 18.2 Å². The van der Waals surface area contributed by atoms with Crippen molar-refractivity contribution in [1.29, 1.82) is 0 Å². The summed E-state index contributed by atoms with van der Waals surface area (Å²) in [5.74, 6) is 1.57. The molecule has 0 saturated heterocycles. The molecule has 37 heavy (non-hydrogen) atoms. The van der Waals surface area contributed by atoms with Crippen molar-refractivity contribution in [3.05, 3.63) is 127 Å². The van der Waals surface area contributed by atoms with Crippen LogP contribution in [0.5, 0.6) is 11.5 Å². The molecule has 0 fully saturated rings. The van der Waals surface area contributed by atoms with Crippen molar-refractivity contribution in [2.75, 3.05) is 0 Å². The first-order chi connectivity index (χ1) is 18.3. The Balaban J connectivity index is 1.41. The molecule has 0 bridgehead atoms. The highest BCUT2D eigenvalue weighted by molar-refractivity contribution is 6.21. The highest BCUT2D eigenvalue weighted by atomic mass is 16.5. The van der Waals surface area contributed by atoms with E-state index in [1.165, 1.54) is 37.9 Å². The molecule has 1 aliphatic heterocycles. The SMILES string of the molecule is [C-]#[N+]c1cc2c3c(cccc3c1)-c1ccc(-c3cc4c5ccccc5ccc4c4ccccc34)cc1O2. The predicted molar refractivity (Wildman–Crippen MR) is 154 cm³/mol. The van der Waals surface area contributed by atoms with Gasteiger partial charge in [-0.25, -0.2) is 4.85 Å². The summed E-state index contributed by atoms with van der Waals surface area (Å²) >= 11 is 0. The third-order valence-corrected chi connectivity index (χ3v) is 7.62. The lowest BCUT2D eigenvalue weighted by molar-refractivity contribution is 0.487. The van der Waals surface area contributed by atoms with Gasteiger partial charge in [-0.3, -0.25) is 0 Å². The Labute approximate surface area is 213 Å². The fourth-order valence-corrected chi connectivity index (χ4v) is 5.96. The second-order valence-corrected chi connectivity index (χ2v) is 9.62. The number of ether oxygens (including phenoxy) is 1. The molecule has 2 nitrogen and oxygen atoms in total. The molecule has 0 radical (unpaired) electrons. The van der Waals surface area contributed by atoms with Crippen LogP contribution < -0.4 is 4.74 Å². The Hall–Kier alpha value is -5.13. The molecule has 0 unspecified atom stereocenters. The molecule has 7 aromatic rings. The van der Waals surface area contributed by atoms with Crippen molar-refractivity contribution in [3.63, 3.8) is 0 Å². The van der Waals surface area contributed by atoms with Crippen LogP contribution in [0, 0.1) is 6.57 Å². The van der Waals surface area contributed by atoms with E-state index in [-0.39, 0.29) is 0 Å². The largest absolute Gasteiger partial charge is 0.457 e. The fourth-order valence-electron chi connectivity index (χ4n) is 5.96. The first kappa shape index (κ1) is 20.1. The zero-order valence-corrected chi connectivity index (χ0v) is 19.8. The van der Waals surface area contributed by atoms with Crippen LogP contribution in [0.15, 0.2) is 115 Å². The van der Waals surface area contributed by atoms with Crippen molar-refractivity contribution in [3.8, 4) is 33.8 Å². The molecular weight excluding hydrogens is 450 g/mol. The summed E-state index contributed by atoms with van der Waals surface area (Å²) in [5, 5.41) is 9.58. The van der Waals surface area contributed by atoms with E-state index >= 15 is 0 Å². The maximum atomic E-state index is 7.52. The summed E-state index contributed by atoms with van der Waals surface area (Å²) in [7, 11) is 0. The smallest absolute Gasteiger partial charge is 0.191 e. The van der Waals surface area contributed by atoms with Gasteiger partial charge in [0.05, 0.1) is 6.57 Å². The van der Waals surface area contributed by atoms with Crippen LogP contribution in [-0.2, 0) is 0 Å². The molecule has 1 heterocycles. The Kier molecular flexibility index (Phi) is 4.04. The van der Waals surface area contributed by atoms with E-state index in [1.54, 1.807) is 0 Å². The molecule has 0 aliphatic carbocycles. The van der Waals surface area contributed by atoms with Crippen LogP contribution in [0.4, 0.5) is 5.69 Å². The highest BCUT2D eigenvalue weighted by Crippen LogP contribution is 2.49. The minimum Gasteiger partial charge on any atom is -0.457 e. The molecule has 1 aliphatic rings. The second-order valence-electron chi connectivity index (χ2n) is 9.62. The number of nitrogens with zero attached hydrogens (tertiary/aromatic N) is 1. The van der Waals surface area contributed by atoms with Crippen LogP contribution in [0.3, 0.4) is 0 Å². The Morgan fingerprint density at radius 1 is 0.486 bits per heavy atom. The standard InChI is InChI=1S/C35H19NO/c1-36-24-17-23-8-6-12-30-29-16-14-22(18-33(29)37-34(19-24)35(23)30)31-20-32-25-9-3-2-7-21(25)13-15-28(32)26-10-4-5-11-27(26)31/h2-20H. The zero-order chi connectivity index (χ0) is 24.5. The molecule has 0 N–H and O–H groups in total. The minimum atomic E-state index is 0.589. The maximum absolute atomic E-state index is 7.52. The quantitative estimate of drug-likeness (QED) is 0.172. The van der Waals surface area contributed by atoms with Gasteiger partial charge in [-0.15, -0.1) is 0 Å². The molecule has 2 heteroatoms. The van der Waals surface area contributed by atoms with Gasteiger partial charge >= 0.3 is 0 Å². The van der Waals surface area contributed by atoms with E-state index in [0.29, 0.717) is 5.69 Å². The van der Waals surface area contributed by atoms with Crippen molar-refractivity contribution in [2.45, 2.75) is 0 Å². The van der Waals surface area contributed by atoms with Crippen LogP contribution in [0.1, 0.15) is 0 Å². The van der Waals surface area contributed by atoms with Crippen molar-refractivity contribution >= 4 is 48.8 Å². The summed E-state index contributed by atoms with van der Waals surface area (Å²) in [6.07, 6.45) is 0. The van der Waals surface area contributed by atoms with Crippen molar-refractivity contribution in [1.82, 2.24) is 0 Å². The number of fused-ring (bicyclic) bond motifs is 7. The maximum Gasteiger partial charge on any atom is 0.191 e. The molecular formula is C35H19NO. The topological polar surface area (TPSA) is 13.6 Å². The van der Waals surface area contributed by atoms with E-state index in [9.17, 15) is 0 Å². The van der Waals surface area contributed by atoms with Gasteiger partial charge in [0.1, 0.15) is 11.5 Å². The van der Waals surface area contributed by atoms with Crippen molar-refractivity contribution in [2.24, 2.45) is 0 Å². The summed E-state index contributed by atoms with van der Waals surface area (Å²) in [4.78, 5) is 3.66. The number of hydrogen-bond donors (Lipinski definition) is 0. The second kappa shape index (κ2) is 7.43. The molecule has 0 aromatic heterocycles. The number of hydrogen-bond acceptors (Lipinski definition) is 1. The highest BCUT2D eigenvalue weighted by Gasteiger charge is 2.22. The van der Waals surface area contributed by atoms with Crippen LogP contribution in [0.25, 0.3) is 70.2 Å². The fraction of sp³-hybridized carbons (Fsp3) is 0. The minimum absolute atomic E-state index is 0.589. The third kappa shape index (κ3) is 2.86. The third-order valence-electron chi connectivity index (χ3n) is 7.62. The van der Waals surface area contributed by atoms with Gasteiger partial charge in [0.25, 0.3) is 0 Å². The number of rotatable bonds is 1. The van der Waals surface area contributed by atoms with E-state index in [4.69, 9.17) is 11.3 Å². The Morgan fingerprint density at radius 2 is 1.27 bits per heavy atom. The van der Waals surface area contributed by atoms with Gasteiger partial charge in [0.2, 0.25) is 0 Å². The predicted octanol–water partition coefficient (Wildman–Crippen LogP) is 10.3. The monoisotopic (exact) mass is 469 g/mol. The molecule has 8 rings (SSSR count). The lowest BCUT2D eigenvalue weighted by atomic mass is 9.89. The molecule has 0 spiro atoms. The zero-order valence-electron chi connectivity index (χ0n) is 19.8. The summed E-state index contributed by atoms with van der Waals surface area (Å²) in [6, 6.07) is 40.6. The van der Waals surface area contributed by atoms with E-state index < -0.39 is 0 Å². The van der Waals surface area contributed by atoms with Gasteiger partial charge in [-0.1, -0.05) is 84.9 Å². The first-order valence-corrected chi connectivity index (χ1v) is 12.4. The lowest BCUT2D eigenvalue weighted by Gasteiger charge is -2.23. The molecule has 7 aromatic carbocycles. The van der Waals surface area contributed by atoms with Crippen LogP contribution in [0.2, 0.25) is 0 Å². The van der Waals surface area contributed by atoms with Crippen molar-refractivity contribution < 1.29 is 4.74 Å². The average molecular weight is 470 g/mol. The normalized spacial score (nSPS) is 12.0. The first-order valence-electron chi connectivity index (χ1n) is 12.4. The molecule has 0 saturated carbocycles. The van der Waals surface area contributed by atoms with Gasteiger partial charge in [0.15, 0.2) is 5.69 Å². The lowest BCUT2D eigenvalue weighted by Crippen LogP contribution is -1.97. The molecule has 0 atom stereocenters. The van der Waals surface area contributed by atoms with Crippen LogP contribution in [-0.4, -0.2) is 0 Å². The van der Waals surface area contributed by atoms with Gasteiger partial charge in [0, 0.05) is 10.9 Å². The van der Waals surface area contributed by atoms with Crippen LogP contribution >= 0.6 is 0 Å². The van der Waals surface area contributed by atoms with Gasteiger partial charge < -0.3 is 4.74 Å². The Morgan fingerprint density at radius 3 is 2.16 bits per heavy atom. The summed E-state index contributed by atoms with van der Waals surface area (Å²) in [5.41, 5.74) is 5.11. The molecule has 170 valence electrons. The van der Waals surface area contributed by atoms with E-state index in [2.05, 4.69) is 102 Å².